The van der Waals surface area contributed by atoms with Crippen molar-refractivity contribution in [2.24, 2.45) is 0 Å². The highest BCUT2D eigenvalue weighted by molar-refractivity contribution is 6.14. The molecule has 272 valence electrons. The Morgan fingerprint density at radius 3 is 1.60 bits per heavy atom. The quantitative estimate of drug-likeness (QED) is 0.148. The Hall–Kier alpha value is -7.68. The van der Waals surface area contributed by atoms with Crippen LogP contribution in [0.2, 0.25) is 0 Å². The number of hydrogen-bond acceptors (Lipinski definition) is 1. The molecule has 0 saturated carbocycles. The maximum atomic E-state index is 2.42. The Labute approximate surface area is 338 Å². The molecule has 10 aromatic carbocycles. The fourth-order valence-corrected chi connectivity index (χ4v) is 8.95. The van der Waals surface area contributed by atoms with Crippen LogP contribution in [0, 0.1) is 0 Å². The Kier molecular flexibility index (Phi) is 8.19. The summed E-state index contributed by atoms with van der Waals surface area (Å²) in [4.78, 5) is 2.41. The predicted octanol–water partition coefficient (Wildman–Crippen LogP) is 15.6. The van der Waals surface area contributed by atoms with Crippen LogP contribution in [-0.4, -0.2) is 4.57 Å². The van der Waals surface area contributed by atoms with Crippen LogP contribution in [0.15, 0.2) is 231 Å². The van der Waals surface area contributed by atoms with Crippen LogP contribution in [0.3, 0.4) is 0 Å². The van der Waals surface area contributed by atoms with Gasteiger partial charge in [-0.1, -0.05) is 170 Å². The van der Waals surface area contributed by atoms with Crippen molar-refractivity contribution in [1.82, 2.24) is 4.57 Å². The molecule has 0 fully saturated rings. The molecule has 0 unspecified atom stereocenters. The summed E-state index contributed by atoms with van der Waals surface area (Å²) in [5.74, 6) is 0. The van der Waals surface area contributed by atoms with Crippen LogP contribution >= 0.6 is 0 Å². The SMILES string of the molecule is c1ccc(-c2cc(-c3ccccc3-n3c4ccccc4c4ccccc43)ccc2N(c2ccccc2)c2cccc(-c3cc4ccccc4c4ccccc34)c2)cc1. The number of fused-ring (bicyclic) bond motifs is 6. The third-order valence-corrected chi connectivity index (χ3v) is 11.6. The van der Waals surface area contributed by atoms with Crippen molar-refractivity contribution in [1.29, 1.82) is 0 Å². The minimum absolute atomic E-state index is 1.09. The molecular formula is C56H38N2. The van der Waals surface area contributed by atoms with E-state index in [9.17, 15) is 0 Å². The van der Waals surface area contributed by atoms with Crippen LogP contribution in [-0.2, 0) is 0 Å². The lowest BCUT2D eigenvalue weighted by Crippen LogP contribution is -2.11. The zero-order valence-electron chi connectivity index (χ0n) is 31.8. The number of benzene rings is 10. The summed E-state index contributed by atoms with van der Waals surface area (Å²) in [7, 11) is 0. The Morgan fingerprint density at radius 2 is 0.845 bits per heavy atom. The molecule has 0 saturated heterocycles. The van der Waals surface area contributed by atoms with Gasteiger partial charge in [0.15, 0.2) is 0 Å². The monoisotopic (exact) mass is 738 g/mol. The maximum Gasteiger partial charge on any atom is 0.0541 e. The van der Waals surface area contributed by atoms with Gasteiger partial charge in [-0.2, -0.15) is 0 Å². The van der Waals surface area contributed by atoms with E-state index in [4.69, 9.17) is 0 Å². The van der Waals surface area contributed by atoms with Crippen molar-refractivity contribution in [2.45, 2.75) is 0 Å². The van der Waals surface area contributed by atoms with E-state index in [-0.39, 0.29) is 0 Å². The molecule has 2 nitrogen and oxygen atoms in total. The normalized spacial score (nSPS) is 11.4. The third-order valence-electron chi connectivity index (χ3n) is 11.6. The minimum Gasteiger partial charge on any atom is -0.310 e. The molecule has 0 aliphatic carbocycles. The predicted molar refractivity (Wildman–Crippen MR) is 247 cm³/mol. The molecule has 0 aliphatic heterocycles. The van der Waals surface area contributed by atoms with E-state index in [0.717, 1.165) is 39.4 Å². The molecule has 11 rings (SSSR count). The highest BCUT2D eigenvalue weighted by Gasteiger charge is 2.21. The third kappa shape index (κ3) is 5.66. The van der Waals surface area contributed by atoms with Gasteiger partial charge in [0.2, 0.25) is 0 Å². The van der Waals surface area contributed by atoms with E-state index in [1.165, 1.54) is 60.0 Å². The van der Waals surface area contributed by atoms with E-state index >= 15 is 0 Å². The maximum absolute atomic E-state index is 2.42. The fraction of sp³-hybridized carbons (Fsp3) is 0. The summed E-state index contributed by atoms with van der Waals surface area (Å²) >= 11 is 0. The van der Waals surface area contributed by atoms with Crippen LogP contribution in [0.5, 0.6) is 0 Å². The van der Waals surface area contributed by atoms with Gasteiger partial charge in [0.25, 0.3) is 0 Å². The molecule has 0 amide bonds. The number of rotatable bonds is 7. The van der Waals surface area contributed by atoms with E-state index < -0.39 is 0 Å². The topological polar surface area (TPSA) is 8.17 Å². The molecule has 0 aliphatic rings. The summed E-state index contributed by atoms with van der Waals surface area (Å²) < 4.78 is 2.42. The Balaban J connectivity index is 1.12. The number of hydrogen-bond donors (Lipinski definition) is 0. The molecule has 1 aromatic heterocycles. The summed E-state index contributed by atoms with van der Waals surface area (Å²) in [6.45, 7) is 0. The second kappa shape index (κ2) is 14.1. The first-order valence-corrected chi connectivity index (χ1v) is 19.9. The van der Waals surface area contributed by atoms with Gasteiger partial charge in [0, 0.05) is 33.3 Å². The average Bonchev–Trinajstić information content (AvgIpc) is 3.64. The van der Waals surface area contributed by atoms with Crippen molar-refractivity contribution in [3.8, 4) is 39.1 Å². The number of nitrogens with zero attached hydrogens (tertiary/aromatic N) is 2. The smallest absolute Gasteiger partial charge is 0.0541 e. The van der Waals surface area contributed by atoms with Gasteiger partial charge in [-0.3, -0.25) is 0 Å². The van der Waals surface area contributed by atoms with Crippen LogP contribution in [0.25, 0.3) is 82.4 Å². The highest BCUT2D eigenvalue weighted by atomic mass is 15.1. The average molecular weight is 739 g/mol. The number of aromatic nitrogens is 1. The van der Waals surface area contributed by atoms with Crippen LogP contribution in [0.1, 0.15) is 0 Å². The van der Waals surface area contributed by atoms with E-state index in [2.05, 4.69) is 240 Å². The van der Waals surface area contributed by atoms with Gasteiger partial charge in [0.05, 0.1) is 22.4 Å². The lowest BCUT2D eigenvalue weighted by Gasteiger charge is -2.29. The van der Waals surface area contributed by atoms with Gasteiger partial charge >= 0.3 is 0 Å². The molecule has 2 heteroatoms. The molecule has 0 spiro atoms. The van der Waals surface area contributed by atoms with Gasteiger partial charge in [-0.25, -0.2) is 0 Å². The van der Waals surface area contributed by atoms with Crippen molar-refractivity contribution < 1.29 is 0 Å². The van der Waals surface area contributed by atoms with Crippen molar-refractivity contribution >= 4 is 60.4 Å². The first kappa shape index (κ1) is 33.6. The molecule has 1 heterocycles. The van der Waals surface area contributed by atoms with Gasteiger partial charge in [-0.05, 0) is 104 Å². The summed E-state index contributed by atoms with van der Waals surface area (Å²) in [5, 5.41) is 7.54. The molecule has 0 N–H and O–H groups in total. The number of para-hydroxylation sites is 4. The Bertz CT molecular complexity index is 3230. The largest absolute Gasteiger partial charge is 0.310 e. The first-order valence-electron chi connectivity index (χ1n) is 19.9. The molecule has 0 atom stereocenters. The van der Waals surface area contributed by atoms with Gasteiger partial charge < -0.3 is 9.47 Å². The molecule has 58 heavy (non-hydrogen) atoms. The standard InChI is InChI=1S/C56H38N2/c1-3-18-39(19-4-1)52-38-42(46-26-11-14-31-53(46)58-54-32-15-12-29-49(54)50-30-13-16-33-55(50)58)34-35-56(52)57(43-22-5-2-6-23-43)44-24-17-21-40(36-44)51-37-41-20-7-8-25-45(41)47-27-9-10-28-48(47)51/h1-38H. The zero-order chi connectivity index (χ0) is 38.4. The lowest BCUT2D eigenvalue weighted by atomic mass is 9.92. The highest BCUT2D eigenvalue weighted by Crippen LogP contribution is 2.45. The summed E-state index contributed by atoms with van der Waals surface area (Å²) in [6, 6.07) is 83.7. The van der Waals surface area contributed by atoms with Crippen molar-refractivity contribution in [3.63, 3.8) is 0 Å². The second-order valence-electron chi connectivity index (χ2n) is 14.9. The van der Waals surface area contributed by atoms with Crippen LogP contribution < -0.4 is 4.90 Å². The Morgan fingerprint density at radius 1 is 0.293 bits per heavy atom. The fourth-order valence-electron chi connectivity index (χ4n) is 8.95. The molecule has 0 radical (unpaired) electrons. The van der Waals surface area contributed by atoms with E-state index in [0.29, 0.717) is 0 Å². The second-order valence-corrected chi connectivity index (χ2v) is 14.9. The molecular weight excluding hydrogens is 701 g/mol. The minimum atomic E-state index is 1.09. The lowest BCUT2D eigenvalue weighted by molar-refractivity contribution is 1.18. The van der Waals surface area contributed by atoms with Crippen LogP contribution in [0.4, 0.5) is 17.1 Å². The van der Waals surface area contributed by atoms with E-state index in [1.54, 1.807) is 0 Å². The summed E-state index contributed by atoms with van der Waals surface area (Å²) in [5.41, 5.74) is 13.9. The number of anilines is 3. The molecule has 11 aromatic rings. The van der Waals surface area contributed by atoms with Gasteiger partial charge in [0.1, 0.15) is 0 Å². The molecule has 0 bridgehead atoms. The summed E-state index contributed by atoms with van der Waals surface area (Å²) in [6.07, 6.45) is 0. The van der Waals surface area contributed by atoms with E-state index in [1.807, 2.05) is 0 Å². The van der Waals surface area contributed by atoms with Crippen molar-refractivity contribution in [3.05, 3.63) is 231 Å². The zero-order valence-corrected chi connectivity index (χ0v) is 31.8. The van der Waals surface area contributed by atoms with Gasteiger partial charge in [-0.15, -0.1) is 0 Å². The van der Waals surface area contributed by atoms with Crippen molar-refractivity contribution in [2.75, 3.05) is 4.90 Å². The first-order chi connectivity index (χ1) is 28.8.